The molecule has 0 radical (unpaired) electrons. The van der Waals surface area contributed by atoms with Gasteiger partial charge in [-0.2, -0.15) is 0 Å². The number of nitrogens with one attached hydrogen (secondary N) is 2. The van der Waals surface area contributed by atoms with Crippen molar-refractivity contribution in [3.05, 3.63) is 120 Å². The number of aryl methyl sites for hydroxylation is 2. The van der Waals surface area contributed by atoms with Gasteiger partial charge in [-0.25, -0.2) is 4.98 Å². The van der Waals surface area contributed by atoms with E-state index in [2.05, 4.69) is 39.1 Å². The van der Waals surface area contributed by atoms with Gasteiger partial charge in [0.05, 0.1) is 17.5 Å². The van der Waals surface area contributed by atoms with Gasteiger partial charge in [-0.1, -0.05) is 60.7 Å². The standard InChI is InChI=1S/C34H34N6O3/c35-32(36)26-11-13-27(14-12-26)33-39-29-21-28(34(42)38-19-17-31(41)43-23-25-10-6-18-37-22-25)15-16-30(29)40(33)20-5-4-9-24-7-2-1-3-8-24/h1-3,6-8,10-16,18,21-22H,4-5,9,17,19-20,23H2,(H3,35,36)(H,38,42). The van der Waals surface area contributed by atoms with Gasteiger partial charge in [-0.3, -0.25) is 20.0 Å². The highest BCUT2D eigenvalue weighted by molar-refractivity contribution is 5.98. The van der Waals surface area contributed by atoms with Gasteiger partial charge in [0.15, 0.2) is 0 Å². The second-order valence-electron chi connectivity index (χ2n) is 10.3. The van der Waals surface area contributed by atoms with Crippen LogP contribution in [0, 0.1) is 5.41 Å². The Morgan fingerprint density at radius 3 is 2.42 bits per heavy atom. The molecule has 5 rings (SSSR count). The summed E-state index contributed by atoms with van der Waals surface area (Å²) in [6.45, 7) is 1.07. The second kappa shape index (κ2) is 14.0. The second-order valence-corrected chi connectivity index (χ2v) is 10.3. The van der Waals surface area contributed by atoms with Crippen LogP contribution < -0.4 is 11.1 Å². The third kappa shape index (κ3) is 7.71. The summed E-state index contributed by atoms with van der Waals surface area (Å²) in [6.07, 6.45) is 6.34. The zero-order valence-corrected chi connectivity index (χ0v) is 23.8. The molecule has 0 saturated heterocycles. The smallest absolute Gasteiger partial charge is 0.307 e. The van der Waals surface area contributed by atoms with Crippen molar-refractivity contribution < 1.29 is 14.3 Å². The summed E-state index contributed by atoms with van der Waals surface area (Å²) in [4.78, 5) is 33.9. The molecule has 0 fully saturated rings. The predicted molar refractivity (Wildman–Crippen MR) is 167 cm³/mol. The lowest BCUT2D eigenvalue weighted by Gasteiger charge is -2.10. The number of nitrogens with zero attached hydrogens (tertiary/aromatic N) is 3. The van der Waals surface area contributed by atoms with Gasteiger partial charge < -0.3 is 20.4 Å². The summed E-state index contributed by atoms with van der Waals surface area (Å²) < 4.78 is 7.44. The predicted octanol–water partition coefficient (Wildman–Crippen LogP) is 5.27. The maximum absolute atomic E-state index is 12.9. The molecule has 2 heterocycles. The Morgan fingerprint density at radius 1 is 0.907 bits per heavy atom. The number of nitrogen functional groups attached to an aromatic ring is 1. The Bertz CT molecular complexity index is 1700. The van der Waals surface area contributed by atoms with Gasteiger partial charge in [0.1, 0.15) is 18.3 Å². The minimum Gasteiger partial charge on any atom is -0.461 e. The van der Waals surface area contributed by atoms with Crippen LogP contribution >= 0.6 is 0 Å². The summed E-state index contributed by atoms with van der Waals surface area (Å²) in [5.41, 5.74) is 11.4. The van der Waals surface area contributed by atoms with Crippen LogP contribution in [0.5, 0.6) is 0 Å². The van der Waals surface area contributed by atoms with E-state index in [1.165, 1.54) is 5.56 Å². The lowest BCUT2D eigenvalue weighted by Crippen LogP contribution is -2.26. The first kappa shape index (κ1) is 29.2. The number of aromatic nitrogens is 3. The van der Waals surface area contributed by atoms with Crippen molar-refractivity contribution in [1.29, 1.82) is 5.41 Å². The number of imidazole rings is 1. The molecular formula is C34H34N6O3. The summed E-state index contributed by atoms with van der Waals surface area (Å²) in [5.74, 6) is 0.120. The van der Waals surface area contributed by atoms with Gasteiger partial charge in [0.2, 0.25) is 0 Å². The maximum atomic E-state index is 12.9. The lowest BCUT2D eigenvalue weighted by atomic mass is 10.1. The molecule has 0 aliphatic rings. The maximum Gasteiger partial charge on any atom is 0.307 e. The summed E-state index contributed by atoms with van der Waals surface area (Å²) in [5, 5.41) is 10.5. The SMILES string of the molecule is N=C(N)c1ccc(-c2nc3cc(C(=O)NCCC(=O)OCc4cccnc4)ccc3n2CCCCc2ccccc2)cc1. The van der Waals surface area contributed by atoms with Gasteiger partial charge in [-0.05, 0) is 49.1 Å². The first-order chi connectivity index (χ1) is 21.0. The Labute approximate surface area is 250 Å². The number of unbranched alkanes of at least 4 members (excludes halogenated alkanes) is 1. The van der Waals surface area contributed by atoms with Crippen LogP contribution in [-0.4, -0.2) is 38.8 Å². The summed E-state index contributed by atoms with van der Waals surface area (Å²) in [6, 6.07) is 27.0. The van der Waals surface area contributed by atoms with Crippen LogP contribution in [0.4, 0.5) is 0 Å². The number of amides is 1. The van der Waals surface area contributed by atoms with E-state index < -0.39 is 5.97 Å². The fraction of sp³-hybridized carbons (Fsp3) is 0.206. The topological polar surface area (TPSA) is 136 Å². The van der Waals surface area contributed by atoms with Crippen LogP contribution in [0.15, 0.2) is 97.3 Å². The third-order valence-corrected chi connectivity index (χ3v) is 7.14. The number of carbonyl (C=O) groups is 2. The van der Waals surface area contributed by atoms with Crippen LogP contribution in [-0.2, 0) is 29.1 Å². The fourth-order valence-corrected chi connectivity index (χ4v) is 4.86. The molecule has 4 N–H and O–H groups in total. The molecule has 9 nitrogen and oxygen atoms in total. The number of hydrogen-bond donors (Lipinski definition) is 3. The first-order valence-corrected chi connectivity index (χ1v) is 14.3. The summed E-state index contributed by atoms with van der Waals surface area (Å²) >= 11 is 0. The molecular weight excluding hydrogens is 540 g/mol. The van der Waals surface area contributed by atoms with Crippen LogP contribution in [0.2, 0.25) is 0 Å². The molecule has 218 valence electrons. The quantitative estimate of drug-likeness (QED) is 0.0759. The monoisotopic (exact) mass is 574 g/mol. The number of pyridine rings is 1. The van der Waals surface area contributed by atoms with Crippen molar-refractivity contribution in [3.8, 4) is 11.4 Å². The highest BCUT2D eigenvalue weighted by Gasteiger charge is 2.16. The largest absolute Gasteiger partial charge is 0.461 e. The zero-order chi connectivity index (χ0) is 30.0. The molecule has 0 saturated carbocycles. The van der Waals surface area contributed by atoms with Gasteiger partial charge in [0, 0.05) is 47.7 Å². The van der Waals surface area contributed by atoms with E-state index in [4.69, 9.17) is 20.9 Å². The van der Waals surface area contributed by atoms with Crippen molar-refractivity contribution in [2.75, 3.05) is 6.54 Å². The van der Waals surface area contributed by atoms with E-state index >= 15 is 0 Å². The molecule has 0 aliphatic carbocycles. The number of esters is 1. The first-order valence-electron chi connectivity index (χ1n) is 14.3. The van der Waals surface area contributed by atoms with E-state index in [0.29, 0.717) is 16.6 Å². The number of nitrogens with two attached hydrogens (primary N) is 1. The number of carbonyl (C=O) groups excluding carboxylic acids is 2. The number of ether oxygens (including phenoxy) is 1. The number of hydrogen-bond acceptors (Lipinski definition) is 6. The minimum absolute atomic E-state index is 0.0124. The van der Waals surface area contributed by atoms with Crippen molar-refractivity contribution in [3.63, 3.8) is 0 Å². The molecule has 0 bridgehead atoms. The van der Waals surface area contributed by atoms with Crippen LogP contribution in [0.25, 0.3) is 22.4 Å². The zero-order valence-electron chi connectivity index (χ0n) is 23.8. The highest BCUT2D eigenvalue weighted by atomic mass is 16.5. The minimum atomic E-state index is -0.397. The van der Waals surface area contributed by atoms with Crippen molar-refractivity contribution in [2.24, 2.45) is 5.73 Å². The average molecular weight is 575 g/mol. The lowest BCUT2D eigenvalue weighted by molar-refractivity contribution is -0.144. The third-order valence-electron chi connectivity index (χ3n) is 7.14. The van der Waals surface area contributed by atoms with Gasteiger partial charge >= 0.3 is 5.97 Å². The van der Waals surface area contributed by atoms with E-state index in [9.17, 15) is 9.59 Å². The van der Waals surface area contributed by atoms with Crippen LogP contribution in [0.3, 0.4) is 0 Å². The Kier molecular flexibility index (Phi) is 9.53. The van der Waals surface area contributed by atoms with Crippen LogP contribution in [0.1, 0.15) is 46.3 Å². The Hall–Kier alpha value is -5.31. The van der Waals surface area contributed by atoms with Crippen molar-refractivity contribution in [2.45, 2.75) is 38.8 Å². The Balaban J connectivity index is 1.27. The molecule has 2 aromatic heterocycles. The molecule has 3 aromatic carbocycles. The molecule has 5 aromatic rings. The average Bonchev–Trinajstić information content (AvgIpc) is 3.40. The fourth-order valence-electron chi connectivity index (χ4n) is 4.86. The van der Waals surface area contributed by atoms with E-state index in [1.807, 2.05) is 42.5 Å². The van der Waals surface area contributed by atoms with E-state index in [1.54, 1.807) is 30.6 Å². The highest BCUT2D eigenvalue weighted by Crippen LogP contribution is 2.27. The van der Waals surface area contributed by atoms with E-state index in [0.717, 1.165) is 48.3 Å². The normalized spacial score (nSPS) is 10.9. The molecule has 0 atom stereocenters. The number of amidine groups is 1. The van der Waals surface area contributed by atoms with Crippen molar-refractivity contribution in [1.82, 2.24) is 19.9 Å². The Morgan fingerprint density at radius 2 is 1.67 bits per heavy atom. The molecule has 0 aliphatic heterocycles. The summed E-state index contributed by atoms with van der Waals surface area (Å²) in [7, 11) is 0. The van der Waals surface area contributed by atoms with Gasteiger partial charge in [-0.15, -0.1) is 0 Å². The van der Waals surface area contributed by atoms with Gasteiger partial charge in [0.25, 0.3) is 5.91 Å². The molecule has 0 unspecified atom stereocenters. The number of rotatable bonds is 13. The number of fused-ring (bicyclic) bond motifs is 1. The molecule has 43 heavy (non-hydrogen) atoms. The molecule has 0 spiro atoms. The molecule has 1 amide bonds. The molecule has 9 heteroatoms. The number of benzene rings is 3. The van der Waals surface area contributed by atoms with E-state index in [-0.39, 0.29) is 31.3 Å². The van der Waals surface area contributed by atoms with Crippen molar-refractivity contribution >= 4 is 28.7 Å².